The molecule has 0 saturated carbocycles. The number of nitrogens with zero attached hydrogens (tertiary/aromatic N) is 2. The third-order valence-corrected chi connectivity index (χ3v) is 13.1. The molecule has 2 heterocycles. The molecule has 65 heavy (non-hydrogen) atoms. The van der Waals surface area contributed by atoms with Gasteiger partial charge in [0.05, 0.1) is 0 Å². The number of anilines is 6. The molecule has 0 spiro atoms. The van der Waals surface area contributed by atoms with Gasteiger partial charge < -0.3 is 19.3 Å². The van der Waals surface area contributed by atoms with Gasteiger partial charge in [-0.25, -0.2) is 0 Å². The Morgan fingerprint density at radius 1 is 0.262 bits per heavy atom. The molecule has 0 radical (unpaired) electrons. The highest BCUT2D eigenvalue weighted by Gasteiger charge is 2.41. The van der Waals surface area contributed by atoms with E-state index in [4.69, 9.17) is 9.47 Å². The molecule has 11 aromatic rings. The summed E-state index contributed by atoms with van der Waals surface area (Å²) in [7, 11) is 0. The lowest BCUT2D eigenvalue weighted by molar-refractivity contribution is 0.465. The van der Waals surface area contributed by atoms with Crippen LogP contribution in [-0.2, 0) is 0 Å². The van der Waals surface area contributed by atoms with Crippen LogP contribution >= 0.6 is 0 Å². The van der Waals surface area contributed by atoms with Crippen LogP contribution in [0.1, 0.15) is 0 Å². The highest BCUT2D eigenvalue weighted by Crippen LogP contribution is 2.44. The predicted octanol–water partition coefficient (Wildman–Crippen LogP) is 14.5. The molecular weight excluding hydrogens is 791 g/mol. The zero-order valence-corrected chi connectivity index (χ0v) is 35.3. The van der Waals surface area contributed by atoms with Gasteiger partial charge in [-0.15, -0.1) is 0 Å². The van der Waals surface area contributed by atoms with Crippen LogP contribution in [0.5, 0.6) is 23.0 Å². The molecule has 0 saturated heterocycles. The molecule has 2 aliphatic heterocycles. The molecule has 0 amide bonds. The average molecular weight is 831 g/mol. The van der Waals surface area contributed by atoms with Crippen LogP contribution in [0.25, 0.3) is 43.4 Å². The SMILES string of the molecule is c1ccc(N(c2ccccc2)c2ccc(-c3cc4c5c(c3)Oc3cc6c7ccccc7c7ccccc7c6cc3B5c3ccc(N(c5ccccc5)c5ccccc5)cc3O4)cc2)cc1. The Morgan fingerprint density at radius 3 is 1.14 bits per heavy atom. The van der Waals surface area contributed by atoms with Crippen molar-refractivity contribution < 1.29 is 9.47 Å². The van der Waals surface area contributed by atoms with Crippen LogP contribution in [0.4, 0.5) is 34.1 Å². The first kappa shape index (κ1) is 37.1. The minimum absolute atomic E-state index is 0.125. The number of hydrogen-bond donors (Lipinski definition) is 0. The Kier molecular flexibility index (Phi) is 8.60. The van der Waals surface area contributed by atoms with Gasteiger partial charge in [0.15, 0.2) is 0 Å². The quantitative estimate of drug-likeness (QED) is 0.118. The summed E-state index contributed by atoms with van der Waals surface area (Å²) in [6.07, 6.45) is 0. The number of ether oxygens (including phenoxy) is 2. The van der Waals surface area contributed by atoms with Crippen molar-refractivity contribution in [3.05, 3.63) is 237 Å². The molecule has 5 heteroatoms. The standard InChI is InChI=1S/C60H39BN2O2/c1-5-17-42(18-6-1)62(43-19-7-2-8-20-43)46-31-29-40(30-32-46)41-35-58-60-59(36-41)65-57-39-53-51-28-16-14-26-49(51)48-25-13-15-27-50(48)52(53)38-55(57)61(60)54-34-33-47(37-56(54)64-58)63(44-21-9-3-10-22-44)45-23-11-4-12-24-45/h1-39H. The molecule has 0 unspecified atom stereocenters. The van der Waals surface area contributed by atoms with Crippen molar-refractivity contribution in [2.24, 2.45) is 0 Å². The van der Waals surface area contributed by atoms with Crippen molar-refractivity contribution in [1.29, 1.82) is 0 Å². The summed E-state index contributed by atoms with van der Waals surface area (Å²) in [5.74, 6) is 3.30. The Morgan fingerprint density at radius 2 is 0.646 bits per heavy atom. The van der Waals surface area contributed by atoms with Crippen LogP contribution in [0.15, 0.2) is 237 Å². The van der Waals surface area contributed by atoms with Gasteiger partial charge in [0, 0.05) is 45.7 Å². The minimum Gasteiger partial charge on any atom is -0.458 e. The third-order valence-electron chi connectivity index (χ3n) is 13.1. The van der Waals surface area contributed by atoms with E-state index in [1.807, 2.05) is 0 Å². The highest BCUT2D eigenvalue weighted by atomic mass is 16.5. The summed E-state index contributed by atoms with van der Waals surface area (Å²) in [6.45, 7) is -0.125. The third kappa shape index (κ3) is 6.16. The van der Waals surface area contributed by atoms with Crippen LogP contribution < -0.4 is 35.7 Å². The smallest absolute Gasteiger partial charge is 0.260 e. The zero-order chi connectivity index (χ0) is 42.8. The number of hydrogen-bond acceptors (Lipinski definition) is 4. The number of benzene rings is 11. The lowest BCUT2D eigenvalue weighted by Crippen LogP contribution is -2.57. The van der Waals surface area contributed by atoms with E-state index in [1.54, 1.807) is 0 Å². The molecular formula is C60H39BN2O2. The van der Waals surface area contributed by atoms with Gasteiger partial charge in [0.1, 0.15) is 23.0 Å². The van der Waals surface area contributed by atoms with Crippen molar-refractivity contribution in [1.82, 2.24) is 0 Å². The monoisotopic (exact) mass is 830 g/mol. The van der Waals surface area contributed by atoms with Gasteiger partial charge in [-0.3, -0.25) is 0 Å². The molecule has 0 bridgehead atoms. The lowest BCUT2D eigenvalue weighted by atomic mass is 9.34. The van der Waals surface area contributed by atoms with Crippen molar-refractivity contribution in [3.63, 3.8) is 0 Å². The molecule has 2 aliphatic rings. The maximum atomic E-state index is 7.14. The van der Waals surface area contributed by atoms with Crippen molar-refractivity contribution in [3.8, 4) is 34.1 Å². The number of fused-ring (bicyclic) bond motifs is 10. The second kappa shape index (κ2) is 15.1. The summed E-state index contributed by atoms with van der Waals surface area (Å²) in [6, 6.07) is 84.2. The fraction of sp³-hybridized carbons (Fsp3) is 0. The number of rotatable bonds is 7. The average Bonchev–Trinajstić information content (AvgIpc) is 3.37. The summed E-state index contributed by atoms with van der Waals surface area (Å²) in [4.78, 5) is 4.58. The molecule has 4 nitrogen and oxygen atoms in total. The summed E-state index contributed by atoms with van der Waals surface area (Å²) in [5, 5.41) is 7.33. The van der Waals surface area contributed by atoms with Gasteiger partial charge in [0.25, 0.3) is 6.71 Å². The highest BCUT2D eigenvalue weighted by molar-refractivity contribution is 6.98. The Bertz CT molecular complexity index is 3520. The molecule has 11 aromatic carbocycles. The van der Waals surface area contributed by atoms with E-state index in [2.05, 4.69) is 246 Å². The Labute approximate surface area is 377 Å². The van der Waals surface area contributed by atoms with Crippen molar-refractivity contribution >= 4 is 89.5 Å². The molecule has 0 fully saturated rings. The topological polar surface area (TPSA) is 24.9 Å². The van der Waals surface area contributed by atoms with Gasteiger partial charge >= 0.3 is 0 Å². The van der Waals surface area contributed by atoms with Crippen LogP contribution in [0.2, 0.25) is 0 Å². The Hall–Kier alpha value is -8.54. The first-order chi connectivity index (χ1) is 32.2. The maximum absolute atomic E-state index is 7.14. The molecule has 0 aliphatic carbocycles. The van der Waals surface area contributed by atoms with Gasteiger partial charge in [-0.1, -0.05) is 146 Å². The van der Waals surface area contributed by atoms with E-state index < -0.39 is 0 Å². The van der Waals surface area contributed by atoms with E-state index in [9.17, 15) is 0 Å². The van der Waals surface area contributed by atoms with Crippen LogP contribution in [0, 0.1) is 0 Å². The lowest BCUT2D eigenvalue weighted by Gasteiger charge is -2.35. The molecule has 304 valence electrons. The summed E-state index contributed by atoms with van der Waals surface area (Å²) in [5.41, 5.74) is 11.8. The second-order valence-corrected chi connectivity index (χ2v) is 16.8. The van der Waals surface area contributed by atoms with E-state index in [0.717, 1.165) is 84.6 Å². The zero-order valence-electron chi connectivity index (χ0n) is 35.3. The maximum Gasteiger partial charge on any atom is 0.260 e. The van der Waals surface area contributed by atoms with Gasteiger partial charge in [0.2, 0.25) is 0 Å². The van der Waals surface area contributed by atoms with Gasteiger partial charge in [-0.2, -0.15) is 0 Å². The fourth-order valence-corrected chi connectivity index (χ4v) is 10.2. The molecule has 0 aromatic heterocycles. The van der Waals surface area contributed by atoms with E-state index >= 15 is 0 Å². The van der Waals surface area contributed by atoms with Crippen molar-refractivity contribution in [2.45, 2.75) is 0 Å². The predicted molar refractivity (Wildman–Crippen MR) is 271 cm³/mol. The van der Waals surface area contributed by atoms with E-state index in [1.165, 1.54) is 32.3 Å². The number of para-hydroxylation sites is 4. The first-order valence-corrected chi connectivity index (χ1v) is 22.2. The summed E-state index contributed by atoms with van der Waals surface area (Å²) >= 11 is 0. The Balaban J connectivity index is 0.995. The minimum atomic E-state index is -0.125. The largest absolute Gasteiger partial charge is 0.458 e. The molecule has 13 rings (SSSR count). The second-order valence-electron chi connectivity index (χ2n) is 16.8. The van der Waals surface area contributed by atoms with E-state index in [0.29, 0.717) is 0 Å². The summed E-state index contributed by atoms with van der Waals surface area (Å²) < 4.78 is 14.3. The normalized spacial score (nSPS) is 12.2. The van der Waals surface area contributed by atoms with E-state index in [-0.39, 0.29) is 6.71 Å². The first-order valence-electron chi connectivity index (χ1n) is 22.2. The molecule has 0 N–H and O–H groups in total. The molecule has 0 atom stereocenters. The van der Waals surface area contributed by atoms with Crippen molar-refractivity contribution in [2.75, 3.05) is 9.80 Å². The van der Waals surface area contributed by atoms with Crippen LogP contribution in [0.3, 0.4) is 0 Å². The van der Waals surface area contributed by atoms with Crippen LogP contribution in [-0.4, -0.2) is 6.71 Å². The van der Waals surface area contributed by atoms with Gasteiger partial charge in [-0.05, 0) is 139 Å². The fourth-order valence-electron chi connectivity index (χ4n) is 10.2.